The SMILES string of the molecule is [Cl-].[Cl-].[Cl-].[Cl-].c1ccccc1.c1ccccc1.c1ccccc1.c1ccccc1. The Morgan fingerprint density at radius 3 is 0.179 bits per heavy atom. The lowest BCUT2D eigenvalue weighted by Crippen LogP contribution is -3.00. The van der Waals surface area contributed by atoms with E-state index < -0.39 is 0 Å². The first-order chi connectivity index (χ1) is 12.0. The van der Waals surface area contributed by atoms with Crippen LogP contribution >= 0.6 is 0 Å². The molecule has 0 unspecified atom stereocenters. The average Bonchev–Trinajstić information content (AvgIpc) is 2.75. The highest BCUT2D eigenvalue weighted by Crippen LogP contribution is 1.81. The minimum absolute atomic E-state index is 0. The summed E-state index contributed by atoms with van der Waals surface area (Å²) in [5.74, 6) is 0. The smallest absolute Gasteiger partial charge is 0.0623 e. The molecule has 0 aliphatic heterocycles. The van der Waals surface area contributed by atoms with Crippen LogP contribution in [0.5, 0.6) is 0 Å². The van der Waals surface area contributed by atoms with Gasteiger partial charge in [0.15, 0.2) is 0 Å². The van der Waals surface area contributed by atoms with Crippen molar-refractivity contribution >= 4 is 0 Å². The fourth-order valence-corrected chi connectivity index (χ4v) is 1.54. The highest BCUT2D eigenvalue weighted by Gasteiger charge is 1.59. The second-order valence-electron chi connectivity index (χ2n) is 4.62. The van der Waals surface area contributed by atoms with Gasteiger partial charge in [-0.05, 0) is 0 Å². The Bertz CT molecular complexity index is 430. The van der Waals surface area contributed by atoms with Gasteiger partial charge >= 0.3 is 0 Å². The maximum absolute atomic E-state index is 2.00. The second-order valence-corrected chi connectivity index (χ2v) is 4.62. The molecule has 0 fully saturated rings. The molecule has 152 valence electrons. The van der Waals surface area contributed by atoms with Gasteiger partial charge in [-0.15, -0.1) is 0 Å². The van der Waals surface area contributed by atoms with Gasteiger partial charge in [0.1, 0.15) is 0 Å². The van der Waals surface area contributed by atoms with E-state index >= 15 is 0 Å². The molecule has 4 rings (SSSR count). The van der Waals surface area contributed by atoms with Crippen molar-refractivity contribution in [3.63, 3.8) is 0 Å². The molecule has 0 spiro atoms. The van der Waals surface area contributed by atoms with Crippen molar-refractivity contribution in [2.24, 2.45) is 0 Å². The average molecular weight is 454 g/mol. The predicted octanol–water partition coefficient (Wildman–Crippen LogP) is -5.24. The molecule has 0 N–H and O–H groups in total. The van der Waals surface area contributed by atoms with Crippen LogP contribution in [0.3, 0.4) is 0 Å². The van der Waals surface area contributed by atoms with Gasteiger partial charge in [0, 0.05) is 0 Å². The number of hydrogen-bond acceptors (Lipinski definition) is 0. The number of rotatable bonds is 0. The summed E-state index contributed by atoms with van der Waals surface area (Å²) in [6.07, 6.45) is 0. The van der Waals surface area contributed by atoms with Crippen molar-refractivity contribution in [1.29, 1.82) is 0 Å². The van der Waals surface area contributed by atoms with E-state index in [2.05, 4.69) is 0 Å². The molecule has 0 atom stereocenters. The zero-order chi connectivity index (χ0) is 17.0. The molecule has 4 aromatic rings. The lowest BCUT2D eigenvalue weighted by atomic mass is 10.4. The third kappa shape index (κ3) is 26.3. The lowest BCUT2D eigenvalue weighted by molar-refractivity contribution is -0.00100. The Labute approximate surface area is 194 Å². The number of hydrogen-bond donors (Lipinski definition) is 0. The van der Waals surface area contributed by atoms with Crippen LogP contribution < -0.4 is 49.6 Å². The van der Waals surface area contributed by atoms with Gasteiger partial charge < -0.3 is 49.6 Å². The van der Waals surface area contributed by atoms with E-state index in [1.54, 1.807) is 0 Å². The van der Waals surface area contributed by atoms with Crippen LogP contribution in [0.25, 0.3) is 0 Å². The van der Waals surface area contributed by atoms with Gasteiger partial charge in [-0.2, -0.15) is 0 Å². The first-order valence-corrected chi connectivity index (χ1v) is 8.00. The lowest BCUT2D eigenvalue weighted by Gasteiger charge is -1.69. The molecule has 0 bridgehead atoms. The first-order valence-electron chi connectivity index (χ1n) is 8.00. The molecule has 4 aromatic carbocycles. The van der Waals surface area contributed by atoms with Crippen molar-refractivity contribution in [2.75, 3.05) is 0 Å². The third-order valence-electron chi connectivity index (χ3n) is 2.67. The van der Waals surface area contributed by atoms with Crippen molar-refractivity contribution in [2.45, 2.75) is 0 Å². The van der Waals surface area contributed by atoms with Crippen LogP contribution in [0.2, 0.25) is 0 Å². The maximum Gasteiger partial charge on any atom is -0.0623 e. The molecule has 0 saturated heterocycles. The third-order valence-corrected chi connectivity index (χ3v) is 2.67. The van der Waals surface area contributed by atoms with E-state index in [1.165, 1.54) is 0 Å². The molecule has 0 radical (unpaired) electrons. The standard InChI is InChI=1S/4C6H6.4ClH/c4*1-2-4-6-5-3-1;;;;/h4*1-6H;4*1H/p-4. The number of benzene rings is 4. The van der Waals surface area contributed by atoms with Crippen LogP contribution in [-0.2, 0) is 0 Å². The Balaban J connectivity index is -0.000000131. The monoisotopic (exact) mass is 452 g/mol. The Morgan fingerprint density at radius 2 is 0.143 bits per heavy atom. The summed E-state index contributed by atoms with van der Waals surface area (Å²) >= 11 is 0. The molecule has 4 heteroatoms. The van der Waals surface area contributed by atoms with Crippen LogP contribution in [0, 0.1) is 0 Å². The molecule has 0 nitrogen and oxygen atoms in total. The van der Waals surface area contributed by atoms with Gasteiger partial charge in [-0.1, -0.05) is 146 Å². The summed E-state index contributed by atoms with van der Waals surface area (Å²) in [4.78, 5) is 0. The molecular formula is C24H24Cl4-4. The summed E-state index contributed by atoms with van der Waals surface area (Å²) in [6.45, 7) is 0. The molecule has 0 aliphatic carbocycles. The molecular weight excluding hydrogens is 430 g/mol. The first kappa shape index (κ1) is 33.6. The molecule has 0 aliphatic rings. The normalized spacial score (nSPS) is 6.86. The maximum atomic E-state index is 2.00. The summed E-state index contributed by atoms with van der Waals surface area (Å²) in [7, 11) is 0. The second kappa shape index (κ2) is 29.8. The Kier molecular flexibility index (Phi) is 35.8. The van der Waals surface area contributed by atoms with Gasteiger partial charge in [-0.3, -0.25) is 0 Å². The largest absolute Gasteiger partial charge is 1.00 e. The van der Waals surface area contributed by atoms with Gasteiger partial charge in [0.05, 0.1) is 0 Å². The highest BCUT2D eigenvalue weighted by molar-refractivity contribution is 5.00. The zero-order valence-corrected chi connectivity index (χ0v) is 18.4. The minimum Gasteiger partial charge on any atom is -1.00 e. The topological polar surface area (TPSA) is 0 Å². The number of halogens is 4. The fraction of sp³-hybridized carbons (Fsp3) is 0. The van der Waals surface area contributed by atoms with Crippen LogP contribution in [-0.4, -0.2) is 0 Å². The van der Waals surface area contributed by atoms with Gasteiger partial charge in [0.2, 0.25) is 0 Å². The molecule has 0 saturated carbocycles. The summed E-state index contributed by atoms with van der Waals surface area (Å²) in [5, 5.41) is 0. The van der Waals surface area contributed by atoms with Crippen LogP contribution in [0.4, 0.5) is 0 Å². The van der Waals surface area contributed by atoms with E-state index in [1.807, 2.05) is 146 Å². The van der Waals surface area contributed by atoms with E-state index in [4.69, 9.17) is 0 Å². The van der Waals surface area contributed by atoms with E-state index in [0.717, 1.165) is 0 Å². The Morgan fingerprint density at radius 1 is 0.107 bits per heavy atom. The van der Waals surface area contributed by atoms with Crippen molar-refractivity contribution < 1.29 is 49.6 Å². The quantitative estimate of drug-likeness (QED) is 0.249. The van der Waals surface area contributed by atoms with Crippen molar-refractivity contribution in [1.82, 2.24) is 0 Å². The predicted molar refractivity (Wildman–Crippen MR) is 106 cm³/mol. The highest BCUT2D eigenvalue weighted by atomic mass is 35.5. The summed E-state index contributed by atoms with van der Waals surface area (Å²) < 4.78 is 0. The summed E-state index contributed by atoms with van der Waals surface area (Å²) in [5.41, 5.74) is 0. The minimum atomic E-state index is 0. The van der Waals surface area contributed by atoms with E-state index in [9.17, 15) is 0 Å². The summed E-state index contributed by atoms with van der Waals surface area (Å²) in [6, 6.07) is 48.0. The van der Waals surface area contributed by atoms with Crippen molar-refractivity contribution in [3.05, 3.63) is 146 Å². The van der Waals surface area contributed by atoms with E-state index in [-0.39, 0.29) is 49.6 Å². The van der Waals surface area contributed by atoms with Gasteiger partial charge in [-0.25, -0.2) is 0 Å². The van der Waals surface area contributed by atoms with Crippen molar-refractivity contribution in [3.8, 4) is 0 Å². The zero-order valence-electron chi connectivity index (χ0n) is 15.4. The molecule has 28 heavy (non-hydrogen) atoms. The molecule has 0 heterocycles. The van der Waals surface area contributed by atoms with Crippen LogP contribution in [0.1, 0.15) is 0 Å². The molecule has 0 aromatic heterocycles. The Hall–Kier alpha value is -1.96. The fourth-order valence-electron chi connectivity index (χ4n) is 1.54. The molecule has 0 amide bonds. The van der Waals surface area contributed by atoms with E-state index in [0.29, 0.717) is 0 Å². The van der Waals surface area contributed by atoms with Gasteiger partial charge in [0.25, 0.3) is 0 Å². The van der Waals surface area contributed by atoms with Crippen LogP contribution in [0.15, 0.2) is 146 Å².